The molecule has 0 bridgehead atoms. The number of halogens is 1. The normalized spacial score (nSPS) is 18.7. The van der Waals surface area contributed by atoms with Gasteiger partial charge in [-0.05, 0) is 36.5 Å². The van der Waals surface area contributed by atoms with Crippen LogP contribution < -0.4 is 5.73 Å². The first kappa shape index (κ1) is 12.9. The Balaban J connectivity index is 2.12. The van der Waals surface area contributed by atoms with Crippen LogP contribution in [0.15, 0.2) is 18.2 Å². The smallest absolute Gasteiger partial charge is 0.254 e. The molecule has 1 aliphatic heterocycles. The number of nitrogens with zero attached hydrogens (tertiary/aromatic N) is 1. The van der Waals surface area contributed by atoms with Crippen molar-refractivity contribution in [2.45, 2.75) is 26.7 Å². The summed E-state index contributed by atoms with van der Waals surface area (Å²) in [5.74, 6) is -0.590. The van der Waals surface area contributed by atoms with Gasteiger partial charge >= 0.3 is 0 Å². The van der Waals surface area contributed by atoms with Crippen LogP contribution in [0.25, 0.3) is 0 Å². The lowest BCUT2D eigenvalue weighted by atomic mass is 9.82. The second-order valence-corrected chi connectivity index (χ2v) is 5.73. The molecule has 0 atom stereocenters. The van der Waals surface area contributed by atoms with Gasteiger partial charge in [-0.1, -0.05) is 13.8 Å². The topological polar surface area (TPSA) is 46.3 Å². The monoisotopic (exact) mass is 250 g/mol. The third kappa shape index (κ3) is 2.81. The molecule has 0 spiro atoms. The SMILES string of the molecule is CC1(C)CCN(C(=O)c2cc(N)cc(F)c2)CC1. The number of carbonyl (C=O) groups excluding carboxylic acids is 1. The largest absolute Gasteiger partial charge is 0.399 e. The number of hydrogen-bond acceptors (Lipinski definition) is 2. The van der Waals surface area contributed by atoms with Crippen molar-refractivity contribution < 1.29 is 9.18 Å². The molecular formula is C14H19FN2O. The van der Waals surface area contributed by atoms with Crippen LogP contribution in [0.1, 0.15) is 37.0 Å². The van der Waals surface area contributed by atoms with Gasteiger partial charge in [-0.2, -0.15) is 0 Å². The highest BCUT2D eigenvalue weighted by Crippen LogP contribution is 2.30. The van der Waals surface area contributed by atoms with Gasteiger partial charge in [0, 0.05) is 24.3 Å². The van der Waals surface area contributed by atoms with Gasteiger partial charge in [-0.15, -0.1) is 0 Å². The molecule has 1 aliphatic rings. The van der Waals surface area contributed by atoms with Crippen molar-refractivity contribution in [3.63, 3.8) is 0 Å². The van der Waals surface area contributed by atoms with Crippen molar-refractivity contribution >= 4 is 11.6 Å². The summed E-state index contributed by atoms with van der Waals surface area (Å²) in [4.78, 5) is 14.0. The Morgan fingerprint density at radius 2 is 1.89 bits per heavy atom. The van der Waals surface area contributed by atoms with Crippen LogP contribution in [0.2, 0.25) is 0 Å². The highest BCUT2D eigenvalue weighted by atomic mass is 19.1. The number of nitrogen functional groups attached to an aromatic ring is 1. The molecule has 98 valence electrons. The van der Waals surface area contributed by atoms with Crippen LogP contribution in [0, 0.1) is 11.2 Å². The maximum atomic E-state index is 13.2. The van der Waals surface area contributed by atoms with Crippen molar-refractivity contribution in [2.75, 3.05) is 18.8 Å². The van der Waals surface area contributed by atoms with Crippen molar-refractivity contribution in [3.8, 4) is 0 Å². The summed E-state index contributed by atoms with van der Waals surface area (Å²) in [6, 6.07) is 4.00. The van der Waals surface area contributed by atoms with Crippen LogP contribution in [-0.4, -0.2) is 23.9 Å². The predicted molar refractivity (Wildman–Crippen MR) is 69.7 cm³/mol. The van der Waals surface area contributed by atoms with Crippen LogP contribution in [0.5, 0.6) is 0 Å². The molecule has 3 nitrogen and oxygen atoms in total. The summed E-state index contributed by atoms with van der Waals surface area (Å²) < 4.78 is 13.2. The van der Waals surface area contributed by atoms with Gasteiger partial charge in [-0.3, -0.25) is 4.79 Å². The standard InChI is InChI=1S/C14H19FN2O/c1-14(2)3-5-17(6-4-14)13(18)10-7-11(15)9-12(16)8-10/h7-9H,3-6,16H2,1-2H3. The number of anilines is 1. The number of carbonyl (C=O) groups is 1. The van der Waals surface area contributed by atoms with Crippen LogP contribution in [0.4, 0.5) is 10.1 Å². The minimum atomic E-state index is -0.462. The molecular weight excluding hydrogens is 231 g/mol. The summed E-state index contributed by atoms with van der Waals surface area (Å²) >= 11 is 0. The number of rotatable bonds is 1. The molecule has 1 aromatic carbocycles. The molecule has 1 aromatic rings. The molecule has 0 aromatic heterocycles. The van der Waals surface area contributed by atoms with Crippen LogP contribution >= 0.6 is 0 Å². The number of likely N-dealkylation sites (tertiary alicyclic amines) is 1. The van der Waals surface area contributed by atoms with E-state index in [-0.39, 0.29) is 17.0 Å². The Bertz CT molecular complexity index is 441. The molecule has 1 fully saturated rings. The van der Waals surface area contributed by atoms with Crippen LogP contribution in [-0.2, 0) is 0 Å². The summed E-state index contributed by atoms with van der Waals surface area (Å²) in [5.41, 5.74) is 6.48. The molecule has 0 unspecified atom stereocenters. The number of amides is 1. The van der Waals surface area contributed by atoms with Crippen molar-refractivity contribution in [2.24, 2.45) is 5.41 Å². The molecule has 1 amide bonds. The average molecular weight is 250 g/mol. The number of benzene rings is 1. The average Bonchev–Trinajstić information content (AvgIpc) is 2.27. The Morgan fingerprint density at radius 3 is 2.44 bits per heavy atom. The van der Waals surface area contributed by atoms with Gasteiger partial charge in [0.15, 0.2) is 0 Å². The first-order valence-electron chi connectivity index (χ1n) is 6.23. The van der Waals surface area contributed by atoms with Crippen molar-refractivity contribution in [1.82, 2.24) is 4.90 Å². The first-order chi connectivity index (χ1) is 8.37. The second kappa shape index (κ2) is 4.59. The third-order valence-electron chi connectivity index (χ3n) is 3.57. The number of hydrogen-bond donors (Lipinski definition) is 1. The van der Waals surface area contributed by atoms with E-state index < -0.39 is 5.82 Å². The van der Waals surface area contributed by atoms with Gasteiger partial charge in [0.05, 0.1) is 0 Å². The Kier molecular flexibility index (Phi) is 3.28. The summed E-state index contributed by atoms with van der Waals surface area (Å²) in [7, 11) is 0. The zero-order valence-corrected chi connectivity index (χ0v) is 10.9. The summed E-state index contributed by atoms with van der Waals surface area (Å²) in [5, 5.41) is 0. The quantitative estimate of drug-likeness (QED) is 0.779. The Hall–Kier alpha value is -1.58. The van der Waals surface area contributed by atoms with E-state index in [0.717, 1.165) is 25.9 Å². The molecule has 18 heavy (non-hydrogen) atoms. The molecule has 0 saturated carbocycles. The molecule has 0 radical (unpaired) electrons. The molecule has 0 aliphatic carbocycles. The van der Waals surface area contributed by atoms with E-state index in [2.05, 4.69) is 13.8 Å². The fourth-order valence-electron chi connectivity index (χ4n) is 2.23. The van der Waals surface area contributed by atoms with E-state index in [4.69, 9.17) is 5.73 Å². The first-order valence-corrected chi connectivity index (χ1v) is 6.23. The highest BCUT2D eigenvalue weighted by Gasteiger charge is 2.28. The van der Waals surface area contributed by atoms with Gasteiger partial charge < -0.3 is 10.6 Å². The molecule has 1 saturated heterocycles. The minimum Gasteiger partial charge on any atom is -0.399 e. The molecule has 1 heterocycles. The van der Waals surface area contributed by atoms with E-state index in [0.29, 0.717) is 5.56 Å². The van der Waals surface area contributed by atoms with Gasteiger partial charge in [0.1, 0.15) is 5.82 Å². The van der Waals surface area contributed by atoms with E-state index in [1.807, 2.05) is 0 Å². The summed E-state index contributed by atoms with van der Waals surface area (Å²) in [6.45, 7) is 5.86. The van der Waals surface area contributed by atoms with Gasteiger partial charge in [-0.25, -0.2) is 4.39 Å². The lowest BCUT2D eigenvalue weighted by molar-refractivity contribution is 0.0630. The zero-order chi connectivity index (χ0) is 13.3. The maximum Gasteiger partial charge on any atom is 0.254 e. The van der Waals surface area contributed by atoms with Crippen molar-refractivity contribution in [1.29, 1.82) is 0 Å². The molecule has 2 N–H and O–H groups in total. The second-order valence-electron chi connectivity index (χ2n) is 5.73. The fraction of sp³-hybridized carbons (Fsp3) is 0.500. The Morgan fingerprint density at radius 1 is 1.28 bits per heavy atom. The molecule has 2 rings (SSSR count). The number of piperidine rings is 1. The fourth-order valence-corrected chi connectivity index (χ4v) is 2.23. The molecule has 4 heteroatoms. The van der Waals surface area contributed by atoms with Gasteiger partial charge in [0.2, 0.25) is 0 Å². The van der Waals surface area contributed by atoms with Crippen LogP contribution in [0.3, 0.4) is 0 Å². The van der Waals surface area contributed by atoms with E-state index >= 15 is 0 Å². The number of nitrogens with two attached hydrogens (primary N) is 1. The maximum absolute atomic E-state index is 13.2. The minimum absolute atomic E-state index is 0.128. The zero-order valence-electron chi connectivity index (χ0n) is 10.9. The highest BCUT2D eigenvalue weighted by molar-refractivity contribution is 5.95. The van der Waals surface area contributed by atoms with E-state index in [9.17, 15) is 9.18 Å². The van der Waals surface area contributed by atoms with E-state index in [1.54, 1.807) is 4.90 Å². The van der Waals surface area contributed by atoms with Crippen molar-refractivity contribution in [3.05, 3.63) is 29.6 Å². The summed E-state index contributed by atoms with van der Waals surface area (Å²) in [6.07, 6.45) is 1.95. The van der Waals surface area contributed by atoms with Gasteiger partial charge in [0.25, 0.3) is 5.91 Å². The predicted octanol–water partition coefficient (Wildman–Crippen LogP) is 2.67. The van der Waals surface area contributed by atoms with E-state index in [1.165, 1.54) is 18.2 Å². The third-order valence-corrected chi connectivity index (χ3v) is 3.57. The lowest BCUT2D eigenvalue weighted by Gasteiger charge is -2.37. The Labute approximate surface area is 107 Å². The lowest BCUT2D eigenvalue weighted by Crippen LogP contribution is -2.41.